The molecule has 7 heteroatoms. The Hall–Kier alpha value is -1.46. The summed E-state index contributed by atoms with van der Waals surface area (Å²) in [7, 11) is 1.27. The molecule has 106 valence electrons. The average Bonchev–Trinajstić information content (AvgIpc) is 2.37. The molecule has 0 N–H and O–H groups in total. The van der Waals surface area contributed by atoms with Gasteiger partial charge in [-0.3, -0.25) is 0 Å². The van der Waals surface area contributed by atoms with Crippen molar-refractivity contribution in [2.75, 3.05) is 7.11 Å². The van der Waals surface area contributed by atoms with Crippen LogP contribution in [0.1, 0.15) is 5.69 Å². The van der Waals surface area contributed by atoms with Gasteiger partial charge in [-0.15, -0.1) is 0 Å². The molecule has 0 aliphatic heterocycles. The minimum Gasteiger partial charge on any atom is -0.497 e. The largest absolute Gasteiger partial charge is 0.497 e. The Balaban J connectivity index is 2.68. The lowest BCUT2D eigenvalue weighted by molar-refractivity contribution is -0.141. The third kappa shape index (κ3) is 2.99. The quantitative estimate of drug-likeness (QED) is 0.769. The molecule has 0 amide bonds. The lowest BCUT2D eigenvalue weighted by atomic mass is 10.1. The Morgan fingerprint density at radius 2 is 1.70 bits per heavy atom. The minimum atomic E-state index is -4.59. The normalized spacial score (nSPS) is 11.5. The van der Waals surface area contributed by atoms with Gasteiger partial charge in [-0.25, -0.2) is 4.98 Å². The zero-order chi connectivity index (χ0) is 14.9. The van der Waals surface area contributed by atoms with E-state index in [0.29, 0.717) is 0 Å². The topological polar surface area (TPSA) is 22.1 Å². The first-order chi connectivity index (χ1) is 9.32. The van der Waals surface area contributed by atoms with Gasteiger partial charge >= 0.3 is 6.18 Å². The Labute approximate surface area is 123 Å². The number of hydrogen-bond acceptors (Lipinski definition) is 2. The number of ether oxygens (including phenoxy) is 1. The maximum absolute atomic E-state index is 12.8. The van der Waals surface area contributed by atoms with Crippen LogP contribution in [0.3, 0.4) is 0 Å². The number of nitrogens with zero attached hydrogens (tertiary/aromatic N) is 1. The molecule has 0 spiro atoms. The molecule has 1 aromatic heterocycles. The fraction of sp³-hybridized carbons (Fsp3) is 0.154. The molecule has 0 saturated carbocycles. The van der Waals surface area contributed by atoms with Crippen LogP contribution in [0.25, 0.3) is 11.3 Å². The molecule has 0 radical (unpaired) electrons. The van der Waals surface area contributed by atoms with E-state index >= 15 is 0 Å². The Morgan fingerprint density at radius 3 is 2.20 bits per heavy atom. The van der Waals surface area contributed by atoms with E-state index in [9.17, 15) is 13.2 Å². The lowest BCUT2D eigenvalue weighted by Gasteiger charge is -2.12. The molecule has 0 aliphatic carbocycles. The van der Waals surface area contributed by atoms with E-state index in [0.717, 1.165) is 6.07 Å². The van der Waals surface area contributed by atoms with Crippen molar-refractivity contribution in [3.05, 3.63) is 46.1 Å². The van der Waals surface area contributed by atoms with Crippen molar-refractivity contribution in [1.29, 1.82) is 0 Å². The summed E-state index contributed by atoms with van der Waals surface area (Å²) in [5, 5.41) is 0.428. The first-order valence-corrected chi connectivity index (χ1v) is 6.16. The zero-order valence-electron chi connectivity index (χ0n) is 10.1. The Morgan fingerprint density at radius 1 is 1.10 bits per heavy atom. The predicted molar refractivity (Wildman–Crippen MR) is 71.2 cm³/mol. The number of methoxy groups -OCH3 is 1. The third-order valence-corrected chi connectivity index (χ3v) is 3.17. The minimum absolute atomic E-state index is 0.00674. The van der Waals surface area contributed by atoms with E-state index in [1.54, 1.807) is 6.07 Å². The molecule has 0 bridgehead atoms. The lowest BCUT2D eigenvalue weighted by Crippen LogP contribution is -2.09. The van der Waals surface area contributed by atoms with Crippen LogP contribution in [0.5, 0.6) is 5.75 Å². The van der Waals surface area contributed by atoms with Crippen LogP contribution >= 0.6 is 23.2 Å². The zero-order valence-corrected chi connectivity index (χ0v) is 11.6. The highest BCUT2D eigenvalue weighted by Crippen LogP contribution is 2.37. The SMILES string of the molecule is COc1cc(-c2c(Cl)cccc2Cl)nc(C(F)(F)F)c1. The molecular formula is C13H8Cl2F3NO. The number of halogens is 5. The van der Waals surface area contributed by atoms with Crippen LogP contribution in [0.4, 0.5) is 13.2 Å². The van der Waals surface area contributed by atoms with Crippen molar-refractivity contribution < 1.29 is 17.9 Å². The Kier molecular flexibility index (Phi) is 4.11. The van der Waals surface area contributed by atoms with E-state index in [2.05, 4.69) is 4.98 Å². The fourth-order valence-electron chi connectivity index (χ4n) is 1.64. The highest BCUT2D eigenvalue weighted by molar-refractivity contribution is 6.39. The number of aromatic nitrogens is 1. The predicted octanol–water partition coefficient (Wildman–Crippen LogP) is 5.08. The van der Waals surface area contributed by atoms with Gasteiger partial charge in [-0.1, -0.05) is 29.3 Å². The van der Waals surface area contributed by atoms with Crippen LogP contribution in [0.15, 0.2) is 30.3 Å². The summed E-state index contributed by atoms with van der Waals surface area (Å²) in [6.07, 6.45) is -4.59. The summed E-state index contributed by atoms with van der Waals surface area (Å²) < 4.78 is 43.3. The smallest absolute Gasteiger partial charge is 0.433 e. The molecule has 1 heterocycles. The summed E-state index contributed by atoms with van der Waals surface area (Å²) in [6.45, 7) is 0. The summed E-state index contributed by atoms with van der Waals surface area (Å²) >= 11 is 12.0. The van der Waals surface area contributed by atoms with Gasteiger partial charge in [-0.05, 0) is 12.1 Å². The molecular weight excluding hydrogens is 314 g/mol. The average molecular weight is 322 g/mol. The number of alkyl halides is 3. The van der Waals surface area contributed by atoms with Gasteiger partial charge in [0.05, 0.1) is 22.8 Å². The molecule has 2 rings (SSSR count). The van der Waals surface area contributed by atoms with Crippen molar-refractivity contribution in [2.45, 2.75) is 6.18 Å². The van der Waals surface area contributed by atoms with Crippen LogP contribution < -0.4 is 4.74 Å². The summed E-state index contributed by atoms with van der Waals surface area (Å²) in [5.74, 6) is 0.0262. The number of hydrogen-bond donors (Lipinski definition) is 0. The second-order valence-corrected chi connectivity index (χ2v) is 4.69. The van der Waals surface area contributed by atoms with Gasteiger partial charge in [0.15, 0.2) is 0 Å². The highest BCUT2D eigenvalue weighted by atomic mass is 35.5. The van der Waals surface area contributed by atoms with Crippen LogP contribution in [0.2, 0.25) is 10.0 Å². The van der Waals surface area contributed by atoms with Crippen molar-refractivity contribution >= 4 is 23.2 Å². The molecule has 1 aromatic carbocycles. The van der Waals surface area contributed by atoms with Crippen molar-refractivity contribution in [2.24, 2.45) is 0 Å². The van der Waals surface area contributed by atoms with E-state index in [-0.39, 0.29) is 27.1 Å². The van der Waals surface area contributed by atoms with E-state index in [1.165, 1.54) is 25.3 Å². The molecule has 0 saturated heterocycles. The monoisotopic (exact) mass is 321 g/mol. The summed E-state index contributed by atoms with van der Waals surface area (Å²) in [5.41, 5.74) is -0.824. The molecule has 2 nitrogen and oxygen atoms in total. The van der Waals surface area contributed by atoms with E-state index < -0.39 is 11.9 Å². The third-order valence-electron chi connectivity index (χ3n) is 2.54. The Bertz CT molecular complexity index is 624. The number of rotatable bonds is 2. The van der Waals surface area contributed by atoms with Crippen LogP contribution in [-0.4, -0.2) is 12.1 Å². The molecule has 0 unspecified atom stereocenters. The maximum atomic E-state index is 12.8. The van der Waals surface area contributed by atoms with E-state index in [4.69, 9.17) is 27.9 Å². The molecule has 2 aromatic rings. The van der Waals surface area contributed by atoms with Crippen molar-refractivity contribution in [3.8, 4) is 17.0 Å². The molecule has 0 aliphatic rings. The molecule has 0 fully saturated rings. The number of benzene rings is 1. The summed E-state index contributed by atoms with van der Waals surface area (Å²) in [4.78, 5) is 3.57. The van der Waals surface area contributed by atoms with Gasteiger partial charge < -0.3 is 4.74 Å². The maximum Gasteiger partial charge on any atom is 0.433 e. The first-order valence-electron chi connectivity index (χ1n) is 5.40. The standard InChI is InChI=1S/C13H8Cl2F3NO/c1-20-7-5-10(19-11(6-7)13(16,17)18)12-8(14)3-2-4-9(12)15/h2-6H,1H3. The van der Waals surface area contributed by atoms with Crippen molar-refractivity contribution in [3.63, 3.8) is 0 Å². The molecule has 20 heavy (non-hydrogen) atoms. The van der Waals surface area contributed by atoms with Gasteiger partial charge in [0.25, 0.3) is 0 Å². The van der Waals surface area contributed by atoms with Gasteiger partial charge in [0, 0.05) is 17.7 Å². The van der Waals surface area contributed by atoms with Gasteiger partial charge in [0.2, 0.25) is 0 Å². The van der Waals surface area contributed by atoms with Crippen LogP contribution in [-0.2, 0) is 6.18 Å². The second-order valence-electron chi connectivity index (χ2n) is 3.87. The second kappa shape index (κ2) is 5.50. The molecule has 0 atom stereocenters. The fourth-order valence-corrected chi connectivity index (χ4v) is 2.23. The van der Waals surface area contributed by atoms with E-state index in [1.807, 2.05) is 0 Å². The summed E-state index contributed by atoms with van der Waals surface area (Å²) in [6, 6.07) is 6.81. The first kappa shape index (κ1) is 14.9. The van der Waals surface area contributed by atoms with Crippen LogP contribution in [0, 0.1) is 0 Å². The highest BCUT2D eigenvalue weighted by Gasteiger charge is 2.33. The number of pyridine rings is 1. The van der Waals surface area contributed by atoms with Crippen molar-refractivity contribution in [1.82, 2.24) is 4.98 Å². The van der Waals surface area contributed by atoms with Gasteiger partial charge in [-0.2, -0.15) is 13.2 Å². The van der Waals surface area contributed by atoms with Gasteiger partial charge in [0.1, 0.15) is 11.4 Å².